The molecule has 3 rings (SSSR count). The molecule has 0 spiro atoms. The highest BCUT2D eigenvalue weighted by Gasteiger charge is 2.11. The van der Waals surface area contributed by atoms with Crippen LogP contribution in [-0.2, 0) is 0 Å². The number of benzene rings is 1. The number of ether oxygens (including phenoxy) is 1. The van der Waals surface area contributed by atoms with Crippen LogP contribution in [0.25, 0.3) is 10.2 Å². The Morgan fingerprint density at radius 2 is 2.00 bits per heavy atom. The molecule has 3 aromatic rings. The molecule has 0 aliphatic carbocycles. The molecule has 0 unspecified atom stereocenters. The van der Waals surface area contributed by atoms with Crippen LogP contribution in [0.4, 0.5) is 8.78 Å². The molecule has 2 aromatic heterocycles. The third-order valence-corrected chi connectivity index (χ3v) is 4.98. The Morgan fingerprint density at radius 3 is 2.74 bits per heavy atom. The van der Waals surface area contributed by atoms with Gasteiger partial charge in [-0.2, -0.15) is 8.78 Å². The maximum Gasteiger partial charge on any atom is 0.387 e. The van der Waals surface area contributed by atoms with Crippen LogP contribution in [0.1, 0.15) is 10.4 Å². The molecule has 4 nitrogen and oxygen atoms in total. The highest BCUT2D eigenvalue weighted by Crippen LogP contribution is 2.29. The van der Waals surface area contributed by atoms with Crippen molar-refractivity contribution in [2.24, 2.45) is 0 Å². The van der Waals surface area contributed by atoms with E-state index in [4.69, 9.17) is 0 Å². The molecular formula is C15H10F2N2O2S2. The van der Waals surface area contributed by atoms with E-state index in [0.29, 0.717) is 5.56 Å². The Morgan fingerprint density at radius 1 is 1.22 bits per heavy atom. The molecule has 23 heavy (non-hydrogen) atoms. The summed E-state index contributed by atoms with van der Waals surface area (Å²) in [6, 6.07) is 7.55. The quantitative estimate of drug-likeness (QED) is 0.377. The lowest BCUT2D eigenvalue weighted by Gasteiger charge is -2.05. The van der Waals surface area contributed by atoms with E-state index in [1.807, 2.05) is 11.4 Å². The third-order valence-electron chi connectivity index (χ3n) is 2.95. The number of hydrogen-bond acceptors (Lipinski definition) is 6. The lowest BCUT2D eigenvalue weighted by Crippen LogP contribution is -2.04. The second kappa shape index (κ2) is 7.01. The predicted molar refractivity (Wildman–Crippen MR) is 85.5 cm³/mol. The van der Waals surface area contributed by atoms with Gasteiger partial charge in [-0.05, 0) is 35.7 Å². The number of carbonyl (C=O) groups excluding carboxylic acids is 1. The van der Waals surface area contributed by atoms with E-state index in [1.54, 1.807) is 0 Å². The van der Waals surface area contributed by atoms with E-state index in [2.05, 4.69) is 14.7 Å². The van der Waals surface area contributed by atoms with E-state index in [-0.39, 0.29) is 17.3 Å². The summed E-state index contributed by atoms with van der Waals surface area (Å²) in [6.45, 7) is -2.88. The van der Waals surface area contributed by atoms with Gasteiger partial charge in [0, 0.05) is 5.56 Å². The molecule has 0 amide bonds. The van der Waals surface area contributed by atoms with Gasteiger partial charge in [0.25, 0.3) is 0 Å². The van der Waals surface area contributed by atoms with Gasteiger partial charge in [0.15, 0.2) is 5.78 Å². The Bertz CT molecular complexity index is 822. The van der Waals surface area contributed by atoms with Gasteiger partial charge in [0.1, 0.15) is 17.1 Å². The Labute approximate surface area is 138 Å². The number of fused-ring (bicyclic) bond motifs is 1. The van der Waals surface area contributed by atoms with Gasteiger partial charge < -0.3 is 4.74 Å². The summed E-state index contributed by atoms with van der Waals surface area (Å²) >= 11 is 2.86. The summed E-state index contributed by atoms with van der Waals surface area (Å²) in [5.41, 5.74) is 1.30. The first-order chi connectivity index (χ1) is 11.1. The summed E-state index contributed by atoms with van der Waals surface area (Å²) in [5, 5.41) is 2.68. The number of carbonyl (C=O) groups is 1. The number of rotatable bonds is 6. The maximum atomic E-state index is 12.2. The average Bonchev–Trinajstić information content (AvgIpc) is 3.02. The molecule has 8 heteroatoms. The van der Waals surface area contributed by atoms with E-state index in [1.165, 1.54) is 53.7 Å². The summed E-state index contributed by atoms with van der Waals surface area (Å²) in [7, 11) is 0. The largest absolute Gasteiger partial charge is 0.435 e. The SMILES string of the molecule is O=C(CSc1ncnc2ccsc12)c1ccc(OC(F)F)cc1. The monoisotopic (exact) mass is 352 g/mol. The van der Waals surface area contributed by atoms with Crippen molar-refractivity contribution >= 4 is 39.1 Å². The van der Waals surface area contributed by atoms with Crippen molar-refractivity contribution in [3.63, 3.8) is 0 Å². The van der Waals surface area contributed by atoms with Crippen LogP contribution in [0.3, 0.4) is 0 Å². The normalized spacial score (nSPS) is 11.1. The minimum Gasteiger partial charge on any atom is -0.435 e. The van der Waals surface area contributed by atoms with Gasteiger partial charge in [-0.1, -0.05) is 11.8 Å². The first kappa shape index (κ1) is 15.8. The number of nitrogens with zero attached hydrogens (tertiary/aromatic N) is 2. The fourth-order valence-corrected chi connectivity index (χ4v) is 3.75. The predicted octanol–water partition coefficient (Wildman–Crippen LogP) is 4.27. The van der Waals surface area contributed by atoms with Crippen LogP contribution in [0, 0.1) is 0 Å². The molecule has 0 saturated carbocycles. The van der Waals surface area contributed by atoms with Crippen molar-refractivity contribution in [3.05, 3.63) is 47.6 Å². The van der Waals surface area contributed by atoms with Crippen molar-refractivity contribution in [1.82, 2.24) is 9.97 Å². The minimum absolute atomic E-state index is 0.0281. The van der Waals surface area contributed by atoms with Crippen LogP contribution in [0.15, 0.2) is 47.1 Å². The van der Waals surface area contributed by atoms with E-state index in [9.17, 15) is 13.6 Å². The number of Topliss-reactive ketones (excluding diaryl/α,β-unsaturated/α-hetero) is 1. The fourth-order valence-electron chi connectivity index (χ4n) is 1.91. The zero-order valence-corrected chi connectivity index (χ0v) is 13.2. The summed E-state index contributed by atoms with van der Waals surface area (Å²) in [6.07, 6.45) is 1.47. The lowest BCUT2D eigenvalue weighted by molar-refractivity contribution is -0.0498. The lowest BCUT2D eigenvalue weighted by atomic mass is 10.1. The molecule has 0 N–H and O–H groups in total. The smallest absolute Gasteiger partial charge is 0.387 e. The van der Waals surface area contributed by atoms with E-state index >= 15 is 0 Å². The maximum absolute atomic E-state index is 12.2. The first-order valence-electron chi connectivity index (χ1n) is 6.52. The summed E-state index contributed by atoms with van der Waals surface area (Å²) in [4.78, 5) is 20.5. The van der Waals surface area contributed by atoms with Gasteiger partial charge >= 0.3 is 6.61 Å². The summed E-state index contributed by atoms with van der Waals surface area (Å²) < 4.78 is 29.4. The third kappa shape index (κ3) is 3.83. The van der Waals surface area contributed by atoms with Crippen LogP contribution in [0.5, 0.6) is 5.75 Å². The molecule has 0 aliphatic rings. The van der Waals surface area contributed by atoms with Crippen molar-refractivity contribution in [3.8, 4) is 5.75 Å². The number of hydrogen-bond donors (Lipinski definition) is 0. The number of aromatic nitrogens is 2. The van der Waals surface area contributed by atoms with Crippen molar-refractivity contribution in [2.75, 3.05) is 5.75 Å². The summed E-state index contributed by atoms with van der Waals surface area (Å²) in [5.74, 6) is 0.126. The minimum atomic E-state index is -2.88. The standard InChI is InChI=1S/C15H10F2N2O2S2/c16-15(17)21-10-3-1-9(2-4-10)12(20)7-23-14-13-11(5-6-22-13)18-8-19-14/h1-6,8,15H,7H2. The molecule has 2 heterocycles. The zero-order valence-electron chi connectivity index (χ0n) is 11.6. The van der Waals surface area contributed by atoms with Gasteiger partial charge in [0.2, 0.25) is 0 Å². The van der Waals surface area contributed by atoms with Crippen molar-refractivity contribution in [2.45, 2.75) is 11.6 Å². The molecule has 0 atom stereocenters. The Hall–Kier alpha value is -2.06. The van der Waals surface area contributed by atoms with Crippen molar-refractivity contribution < 1.29 is 18.3 Å². The van der Waals surface area contributed by atoms with Crippen LogP contribution < -0.4 is 4.74 Å². The van der Waals surface area contributed by atoms with E-state index < -0.39 is 6.61 Å². The number of ketones is 1. The van der Waals surface area contributed by atoms with Crippen molar-refractivity contribution in [1.29, 1.82) is 0 Å². The zero-order chi connectivity index (χ0) is 16.2. The second-order valence-corrected chi connectivity index (χ2v) is 6.31. The Kier molecular flexibility index (Phi) is 4.82. The second-order valence-electron chi connectivity index (χ2n) is 4.43. The highest BCUT2D eigenvalue weighted by molar-refractivity contribution is 8.00. The topological polar surface area (TPSA) is 52.1 Å². The Balaban J connectivity index is 1.66. The van der Waals surface area contributed by atoms with Crippen LogP contribution >= 0.6 is 23.1 Å². The number of halogens is 2. The first-order valence-corrected chi connectivity index (χ1v) is 8.39. The number of thiophene rings is 1. The molecule has 1 aromatic carbocycles. The van der Waals surface area contributed by atoms with E-state index in [0.717, 1.165) is 15.2 Å². The molecule has 0 aliphatic heterocycles. The van der Waals surface area contributed by atoms with Gasteiger partial charge in [0.05, 0.1) is 16.0 Å². The molecule has 0 bridgehead atoms. The molecule has 0 radical (unpaired) electrons. The highest BCUT2D eigenvalue weighted by atomic mass is 32.2. The molecule has 0 fully saturated rings. The van der Waals surface area contributed by atoms with Gasteiger partial charge in [-0.15, -0.1) is 11.3 Å². The average molecular weight is 352 g/mol. The fraction of sp³-hybridized carbons (Fsp3) is 0.133. The van der Waals surface area contributed by atoms with Crippen LogP contribution in [-0.4, -0.2) is 28.1 Å². The molecule has 0 saturated heterocycles. The molecule has 118 valence electrons. The molecular weight excluding hydrogens is 342 g/mol. The van der Waals surface area contributed by atoms with Gasteiger partial charge in [-0.3, -0.25) is 4.79 Å². The van der Waals surface area contributed by atoms with Gasteiger partial charge in [-0.25, -0.2) is 9.97 Å². The number of thioether (sulfide) groups is 1. The number of alkyl halides is 2. The van der Waals surface area contributed by atoms with Crippen LogP contribution in [0.2, 0.25) is 0 Å².